The Balaban J connectivity index is 1.49. The van der Waals surface area contributed by atoms with Crippen molar-refractivity contribution in [2.24, 2.45) is 0 Å². The van der Waals surface area contributed by atoms with Crippen LogP contribution in [-0.4, -0.2) is 57.7 Å². The number of carbonyl (C=O) groups excluding carboxylic acids is 1. The minimum absolute atomic E-state index is 0.310. The average Bonchev–Trinajstić information content (AvgIpc) is 3.22. The SMILES string of the molecule is Cc1cnn(CCC(=O)N2CCCCC2CCN2CCCC2)c1. The van der Waals surface area contributed by atoms with Gasteiger partial charge in [-0.15, -0.1) is 0 Å². The second kappa shape index (κ2) is 7.95. The van der Waals surface area contributed by atoms with Gasteiger partial charge < -0.3 is 9.80 Å². The lowest BCUT2D eigenvalue weighted by Crippen LogP contribution is -2.45. The first-order valence-electron chi connectivity index (χ1n) is 9.23. The first-order valence-corrected chi connectivity index (χ1v) is 9.23. The van der Waals surface area contributed by atoms with E-state index in [4.69, 9.17) is 0 Å². The van der Waals surface area contributed by atoms with E-state index in [1.807, 2.05) is 24.0 Å². The van der Waals surface area contributed by atoms with Gasteiger partial charge in [-0.2, -0.15) is 5.10 Å². The number of hydrogen-bond acceptors (Lipinski definition) is 3. The lowest BCUT2D eigenvalue weighted by molar-refractivity contribution is -0.135. The van der Waals surface area contributed by atoms with Crippen LogP contribution in [0.1, 0.15) is 50.5 Å². The summed E-state index contributed by atoms with van der Waals surface area (Å²) < 4.78 is 1.89. The first-order chi connectivity index (χ1) is 11.2. The number of likely N-dealkylation sites (tertiary alicyclic amines) is 2. The van der Waals surface area contributed by atoms with Crippen LogP contribution in [0.3, 0.4) is 0 Å². The Bertz CT molecular complexity index is 507. The van der Waals surface area contributed by atoms with E-state index >= 15 is 0 Å². The molecule has 1 unspecified atom stereocenters. The molecule has 1 amide bonds. The molecule has 0 N–H and O–H groups in total. The second-order valence-corrected chi connectivity index (χ2v) is 7.10. The fourth-order valence-electron chi connectivity index (χ4n) is 3.91. The summed E-state index contributed by atoms with van der Waals surface area (Å²) in [4.78, 5) is 17.4. The van der Waals surface area contributed by atoms with Gasteiger partial charge in [0.15, 0.2) is 0 Å². The largest absolute Gasteiger partial charge is 0.340 e. The summed E-state index contributed by atoms with van der Waals surface area (Å²) in [5.74, 6) is 0.310. The molecule has 0 bridgehead atoms. The summed E-state index contributed by atoms with van der Waals surface area (Å²) >= 11 is 0. The van der Waals surface area contributed by atoms with Gasteiger partial charge in [-0.3, -0.25) is 9.48 Å². The van der Waals surface area contributed by atoms with Crippen LogP contribution in [0.4, 0.5) is 0 Å². The van der Waals surface area contributed by atoms with Gasteiger partial charge >= 0.3 is 0 Å². The van der Waals surface area contributed by atoms with Crippen molar-refractivity contribution in [3.8, 4) is 0 Å². The average molecular weight is 318 g/mol. The number of aromatic nitrogens is 2. The number of carbonyl (C=O) groups is 1. The first kappa shape index (κ1) is 16.5. The maximum Gasteiger partial charge on any atom is 0.224 e. The Morgan fingerprint density at radius 2 is 1.96 bits per heavy atom. The van der Waals surface area contributed by atoms with Crippen LogP contribution in [0.5, 0.6) is 0 Å². The fourth-order valence-corrected chi connectivity index (χ4v) is 3.91. The molecule has 0 aliphatic carbocycles. The van der Waals surface area contributed by atoms with E-state index in [2.05, 4.69) is 14.9 Å². The molecule has 0 aromatic carbocycles. The monoisotopic (exact) mass is 318 g/mol. The van der Waals surface area contributed by atoms with Gasteiger partial charge in [0.1, 0.15) is 0 Å². The number of amides is 1. The Hall–Kier alpha value is -1.36. The van der Waals surface area contributed by atoms with E-state index in [-0.39, 0.29) is 0 Å². The number of nitrogens with zero attached hydrogens (tertiary/aromatic N) is 4. The lowest BCUT2D eigenvalue weighted by atomic mass is 9.98. The highest BCUT2D eigenvalue weighted by atomic mass is 16.2. The zero-order valence-corrected chi connectivity index (χ0v) is 14.4. The third-order valence-corrected chi connectivity index (χ3v) is 5.24. The van der Waals surface area contributed by atoms with E-state index in [0.717, 1.165) is 31.5 Å². The van der Waals surface area contributed by atoms with Crippen LogP contribution in [0.25, 0.3) is 0 Å². The number of aryl methyl sites for hydroxylation is 2. The Labute approximate surface area is 139 Å². The molecular weight excluding hydrogens is 288 g/mol. The molecular formula is C18H30N4O. The van der Waals surface area contributed by atoms with Crippen LogP contribution in [0.2, 0.25) is 0 Å². The Morgan fingerprint density at radius 1 is 1.17 bits per heavy atom. The zero-order chi connectivity index (χ0) is 16.1. The lowest BCUT2D eigenvalue weighted by Gasteiger charge is -2.36. The molecule has 0 saturated carbocycles. The summed E-state index contributed by atoms with van der Waals surface area (Å²) in [6.07, 6.45) is 11.9. The molecule has 2 saturated heterocycles. The molecule has 1 aromatic heterocycles. The summed E-state index contributed by atoms with van der Waals surface area (Å²) in [7, 11) is 0. The quantitative estimate of drug-likeness (QED) is 0.809. The van der Waals surface area contributed by atoms with Crippen molar-refractivity contribution >= 4 is 5.91 Å². The summed E-state index contributed by atoms with van der Waals surface area (Å²) in [5.41, 5.74) is 1.15. The topological polar surface area (TPSA) is 41.4 Å². The van der Waals surface area contributed by atoms with Crippen molar-refractivity contribution in [1.29, 1.82) is 0 Å². The smallest absolute Gasteiger partial charge is 0.224 e. The molecule has 2 aliphatic heterocycles. The minimum Gasteiger partial charge on any atom is -0.340 e. The van der Waals surface area contributed by atoms with Crippen LogP contribution in [-0.2, 0) is 11.3 Å². The number of hydrogen-bond donors (Lipinski definition) is 0. The highest BCUT2D eigenvalue weighted by Crippen LogP contribution is 2.22. The zero-order valence-electron chi connectivity index (χ0n) is 14.4. The molecule has 128 valence electrons. The molecule has 2 fully saturated rings. The van der Waals surface area contributed by atoms with Crippen LogP contribution >= 0.6 is 0 Å². The van der Waals surface area contributed by atoms with Gasteiger partial charge in [0.05, 0.1) is 6.20 Å². The molecule has 1 aromatic rings. The third kappa shape index (κ3) is 4.56. The van der Waals surface area contributed by atoms with Gasteiger partial charge in [0.25, 0.3) is 0 Å². The van der Waals surface area contributed by atoms with Gasteiger partial charge in [-0.05, 0) is 64.1 Å². The van der Waals surface area contributed by atoms with Gasteiger partial charge in [0.2, 0.25) is 5.91 Å². The van der Waals surface area contributed by atoms with E-state index in [0.29, 0.717) is 24.9 Å². The van der Waals surface area contributed by atoms with Gasteiger partial charge in [0, 0.05) is 38.3 Å². The highest BCUT2D eigenvalue weighted by molar-refractivity contribution is 5.76. The van der Waals surface area contributed by atoms with E-state index in [1.54, 1.807) is 0 Å². The molecule has 5 heteroatoms. The predicted octanol–water partition coefficient (Wildman–Crippen LogP) is 2.45. The van der Waals surface area contributed by atoms with Crippen molar-refractivity contribution < 1.29 is 4.79 Å². The van der Waals surface area contributed by atoms with Gasteiger partial charge in [-0.1, -0.05) is 0 Å². The van der Waals surface area contributed by atoms with E-state index in [9.17, 15) is 4.79 Å². The minimum atomic E-state index is 0.310. The van der Waals surface area contributed by atoms with Crippen molar-refractivity contribution in [1.82, 2.24) is 19.6 Å². The van der Waals surface area contributed by atoms with Crippen LogP contribution < -0.4 is 0 Å². The fraction of sp³-hybridized carbons (Fsp3) is 0.778. The molecule has 0 spiro atoms. The summed E-state index contributed by atoms with van der Waals surface area (Å²) in [6.45, 7) is 7.33. The van der Waals surface area contributed by atoms with Crippen molar-refractivity contribution in [2.75, 3.05) is 26.2 Å². The van der Waals surface area contributed by atoms with Crippen LogP contribution in [0.15, 0.2) is 12.4 Å². The highest BCUT2D eigenvalue weighted by Gasteiger charge is 2.27. The maximum absolute atomic E-state index is 12.7. The van der Waals surface area contributed by atoms with Crippen molar-refractivity contribution in [3.05, 3.63) is 18.0 Å². The summed E-state index contributed by atoms with van der Waals surface area (Å²) in [6, 6.07) is 0.455. The molecule has 5 nitrogen and oxygen atoms in total. The molecule has 1 atom stereocenters. The standard InChI is InChI=1S/C18H30N4O/c1-16-14-19-21(15-16)13-8-18(23)22-11-3-2-6-17(22)7-12-20-9-4-5-10-20/h14-15,17H,2-13H2,1H3. The third-order valence-electron chi connectivity index (χ3n) is 5.24. The normalized spacial score (nSPS) is 22.7. The molecule has 2 aliphatic rings. The van der Waals surface area contributed by atoms with E-state index < -0.39 is 0 Å². The Kier molecular flexibility index (Phi) is 5.70. The van der Waals surface area contributed by atoms with Crippen LogP contribution in [0, 0.1) is 6.92 Å². The van der Waals surface area contributed by atoms with Gasteiger partial charge in [-0.25, -0.2) is 0 Å². The predicted molar refractivity (Wildman–Crippen MR) is 91.2 cm³/mol. The molecule has 23 heavy (non-hydrogen) atoms. The number of piperidine rings is 1. The second-order valence-electron chi connectivity index (χ2n) is 7.10. The molecule has 3 rings (SSSR count). The molecule has 3 heterocycles. The molecule has 0 radical (unpaired) electrons. The Morgan fingerprint density at radius 3 is 2.70 bits per heavy atom. The maximum atomic E-state index is 12.7. The number of rotatable bonds is 6. The van der Waals surface area contributed by atoms with Crippen molar-refractivity contribution in [3.63, 3.8) is 0 Å². The summed E-state index contributed by atoms with van der Waals surface area (Å²) in [5, 5.41) is 4.28. The van der Waals surface area contributed by atoms with Crippen molar-refractivity contribution in [2.45, 2.75) is 64.5 Å². The van der Waals surface area contributed by atoms with E-state index in [1.165, 1.54) is 38.8 Å².